The van der Waals surface area contributed by atoms with Crippen LogP contribution in [0.5, 0.6) is 0 Å². The Bertz CT molecular complexity index is 1100. The van der Waals surface area contributed by atoms with Gasteiger partial charge in [0.05, 0.1) is 16.8 Å². The number of fused-ring (bicyclic) bond motifs is 1. The van der Waals surface area contributed by atoms with Gasteiger partial charge in [-0.15, -0.1) is 0 Å². The lowest BCUT2D eigenvalue weighted by molar-refractivity contribution is 0.0697. The van der Waals surface area contributed by atoms with E-state index in [9.17, 15) is 9.18 Å². The second-order valence-corrected chi connectivity index (χ2v) is 6.46. The molecule has 0 saturated heterocycles. The lowest BCUT2D eigenvalue weighted by atomic mass is 10.0. The zero-order valence-electron chi connectivity index (χ0n) is 14.4. The number of aromatic carboxylic acids is 1. The Labute approximate surface area is 155 Å². The van der Waals surface area contributed by atoms with E-state index in [2.05, 4.69) is 22.3 Å². The molecule has 4 aromatic rings. The van der Waals surface area contributed by atoms with Crippen molar-refractivity contribution in [3.8, 4) is 11.3 Å². The van der Waals surface area contributed by atoms with Crippen molar-refractivity contribution in [2.45, 2.75) is 12.8 Å². The summed E-state index contributed by atoms with van der Waals surface area (Å²) in [7, 11) is 0. The third-order valence-corrected chi connectivity index (χ3v) is 4.65. The third kappa shape index (κ3) is 3.58. The van der Waals surface area contributed by atoms with E-state index >= 15 is 0 Å². The number of rotatable bonds is 5. The van der Waals surface area contributed by atoms with Crippen LogP contribution in [0.2, 0.25) is 0 Å². The fourth-order valence-electron chi connectivity index (χ4n) is 3.15. The number of halogens is 1. The molecule has 0 amide bonds. The fourth-order valence-corrected chi connectivity index (χ4v) is 3.15. The van der Waals surface area contributed by atoms with Crippen molar-refractivity contribution in [1.82, 2.24) is 10.2 Å². The molecule has 2 N–H and O–H groups in total. The fraction of sp³-hybridized carbons (Fsp3) is 0.0909. The van der Waals surface area contributed by atoms with Gasteiger partial charge in [-0.3, -0.25) is 5.10 Å². The van der Waals surface area contributed by atoms with Gasteiger partial charge in [0.2, 0.25) is 0 Å². The van der Waals surface area contributed by atoms with E-state index in [1.165, 1.54) is 12.1 Å². The predicted octanol–water partition coefficient (Wildman–Crippen LogP) is 4.85. The molecule has 0 aliphatic heterocycles. The van der Waals surface area contributed by atoms with Gasteiger partial charge in [0.15, 0.2) is 0 Å². The largest absolute Gasteiger partial charge is 0.478 e. The molecule has 1 aromatic heterocycles. The summed E-state index contributed by atoms with van der Waals surface area (Å²) in [6, 6.07) is 19.4. The van der Waals surface area contributed by atoms with E-state index in [0.29, 0.717) is 5.56 Å². The first-order valence-electron chi connectivity index (χ1n) is 8.65. The summed E-state index contributed by atoms with van der Waals surface area (Å²) in [4.78, 5) is 10.9. The Morgan fingerprint density at radius 1 is 0.926 bits per heavy atom. The van der Waals surface area contributed by atoms with E-state index in [0.717, 1.165) is 46.1 Å². The van der Waals surface area contributed by atoms with Gasteiger partial charge in [0.1, 0.15) is 5.82 Å². The molecule has 0 saturated carbocycles. The Kier molecular flexibility index (Phi) is 4.42. The average Bonchev–Trinajstić information content (AvgIpc) is 3.10. The summed E-state index contributed by atoms with van der Waals surface area (Å²) in [5.41, 5.74) is 5.15. The Morgan fingerprint density at radius 3 is 2.30 bits per heavy atom. The van der Waals surface area contributed by atoms with Crippen molar-refractivity contribution in [3.05, 3.63) is 89.2 Å². The smallest absolute Gasteiger partial charge is 0.335 e. The van der Waals surface area contributed by atoms with Crippen molar-refractivity contribution in [2.24, 2.45) is 0 Å². The number of carboxylic acid groups (broad SMARTS) is 1. The van der Waals surface area contributed by atoms with Crippen molar-refractivity contribution >= 4 is 16.9 Å². The summed E-state index contributed by atoms with van der Waals surface area (Å²) in [5, 5.41) is 17.4. The Hall–Kier alpha value is -3.47. The molecule has 1 heterocycles. The summed E-state index contributed by atoms with van der Waals surface area (Å²) in [6.07, 6.45) is 1.64. The zero-order chi connectivity index (χ0) is 18.8. The van der Waals surface area contributed by atoms with Crippen LogP contribution in [0.4, 0.5) is 4.39 Å². The van der Waals surface area contributed by atoms with Gasteiger partial charge in [-0.05, 0) is 72.5 Å². The molecule has 5 heteroatoms. The number of H-pyrrole nitrogens is 1. The van der Waals surface area contributed by atoms with Crippen LogP contribution in [-0.4, -0.2) is 21.3 Å². The highest BCUT2D eigenvalue weighted by Crippen LogP contribution is 2.27. The normalized spacial score (nSPS) is 11.0. The lowest BCUT2D eigenvalue weighted by Crippen LogP contribution is -1.97. The number of carbonyl (C=O) groups is 1. The predicted molar refractivity (Wildman–Crippen MR) is 102 cm³/mol. The highest BCUT2D eigenvalue weighted by atomic mass is 19.1. The van der Waals surface area contributed by atoms with Gasteiger partial charge in [0.25, 0.3) is 0 Å². The van der Waals surface area contributed by atoms with E-state index in [1.54, 1.807) is 24.3 Å². The van der Waals surface area contributed by atoms with Gasteiger partial charge in [-0.2, -0.15) is 5.10 Å². The first kappa shape index (κ1) is 17.0. The molecule has 27 heavy (non-hydrogen) atoms. The number of benzene rings is 3. The number of aromatic amines is 1. The SMILES string of the molecule is O=C(O)c1ccc(CCc2ccc3[nH]nc(-c4ccc(F)cc4)c3c2)cc1. The van der Waals surface area contributed by atoms with Crippen molar-refractivity contribution in [3.63, 3.8) is 0 Å². The van der Waals surface area contributed by atoms with Crippen LogP contribution in [0.15, 0.2) is 66.7 Å². The quantitative estimate of drug-likeness (QED) is 0.534. The van der Waals surface area contributed by atoms with E-state index < -0.39 is 5.97 Å². The van der Waals surface area contributed by atoms with Gasteiger partial charge < -0.3 is 5.11 Å². The lowest BCUT2D eigenvalue weighted by Gasteiger charge is -2.04. The highest BCUT2D eigenvalue weighted by Gasteiger charge is 2.09. The first-order chi connectivity index (χ1) is 13.1. The summed E-state index contributed by atoms with van der Waals surface area (Å²) >= 11 is 0. The standard InChI is InChI=1S/C22H17FN2O2/c23-18-10-8-16(9-11-18)21-19-13-15(5-12-20(19)24-25-21)2-1-14-3-6-17(7-4-14)22(26)27/h3-13H,1-2H2,(H,24,25)(H,26,27). The molecule has 0 fully saturated rings. The molecular formula is C22H17FN2O2. The number of nitrogens with zero attached hydrogens (tertiary/aromatic N) is 1. The molecule has 4 nitrogen and oxygen atoms in total. The van der Waals surface area contributed by atoms with Crippen molar-refractivity contribution in [1.29, 1.82) is 0 Å². The van der Waals surface area contributed by atoms with Crippen LogP contribution < -0.4 is 0 Å². The number of aryl methyl sites for hydroxylation is 2. The second-order valence-electron chi connectivity index (χ2n) is 6.46. The topological polar surface area (TPSA) is 66.0 Å². The molecule has 0 spiro atoms. The number of hydrogen-bond acceptors (Lipinski definition) is 2. The van der Waals surface area contributed by atoms with Crippen LogP contribution in [0.1, 0.15) is 21.5 Å². The summed E-state index contributed by atoms with van der Waals surface area (Å²) < 4.78 is 13.2. The molecule has 0 aliphatic rings. The Balaban J connectivity index is 1.56. The monoisotopic (exact) mass is 360 g/mol. The maximum absolute atomic E-state index is 13.2. The minimum absolute atomic E-state index is 0.270. The van der Waals surface area contributed by atoms with Gasteiger partial charge in [0, 0.05) is 10.9 Å². The molecule has 134 valence electrons. The zero-order valence-corrected chi connectivity index (χ0v) is 14.4. The van der Waals surface area contributed by atoms with Gasteiger partial charge in [-0.25, -0.2) is 9.18 Å². The van der Waals surface area contributed by atoms with Crippen LogP contribution in [0, 0.1) is 5.82 Å². The van der Waals surface area contributed by atoms with Gasteiger partial charge >= 0.3 is 5.97 Å². The second kappa shape index (κ2) is 7.03. The number of nitrogens with one attached hydrogen (secondary N) is 1. The molecule has 0 radical (unpaired) electrons. The highest BCUT2D eigenvalue weighted by molar-refractivity contribution is 5.93. The van der Waals surface area contributed by atoms with Crippen LogP contribution in [0.3, 0.4) is 0 Å². The van der Waals surface area contributed by atoms with Crippen LogP contribution >= 0.6 is 0 Å². The molecule has 3 aromatic carbocycles. The molecule has 0 unspecified atom stereocenters. The molecule has 0 bridgehead atoms. The number of hydrogen-bond donors (Lipinski definition) is 2. The van der Waals surface area contributed by atoms with Crippen molar-refractivity contribution in [2.75, 3.05) is 0 Å². The van der Waals surface area contributed by atoms with E-state index in [4.69, 9.17) is 5.11 Å². The Morgan fingerprint density at radius 2 is 1.59 bits per heavy atom. The maximum Gasteiger partial charge on any atom is 0.335 e. The van der Waals surface area contributed by atoms with E-state index in [1.807, 2.05) is 18.2 Å². The molecule has 4 rings (SSSR count). The number of carboxylic acids is 1. The van der Waals surface area contributed by atoms with Crippen LogP contribution in [-0.2, 0) is 12.8 Å². The maximum atomic E-state index is 13.2. The summed E-state index contributed by atoms with van der Waals surface area (Å²) in [6.45, 7) is 0. The molecule has 0 aliphatic carbocycles. The molecule has 0 atom stereocenters. The van der Waals surface area contributed by atoms with E-state index in [-0.39, 0.29) is 5.82 Å². The third-order valence-electron chi connectivity index (χ3n) is 4.65. The number of aromatic nitrogens is 2. The van der Waals surface area contributed by atoms with Gasteiger partial charge in [-0.1, -0.05) is 18.2 Å². The summed E-state index contributed by atoms with van der Waals surface area (Å²) in [5.74, 6) is -1.19. The molecular weight excluding hydrogens is 343 g/mol. The minimum Gasteiger partial charge on any atom is -0.478 e. The van der Waals surface area contributed by atoms with Crippen molar-refractivity contribution < 1.29 is 14.3 Å². The minimum atomic E-state index is -0.916. The van der Waals surface area contributed by atoms with Crippen LogP contribution in [0.25, 0.3) is 22.2 Å². The first-order valence-corrected chi connectivity index (χ1v) is 8.65. The average molecular weight is 360 g/mol.